The Morgan fingerprint density at radius 2 is 0.865 bits per heavy atom. The van der Waals surface area contributed by atoms with E-state index in [1.54, 1.807) is 96.3 Å². The van der Waals surface area contributed by atoms with E-state index in [2.05, 4.69) is 65.8 Å². The number of rotatable bonds is 6. The third-order valence-electron chi connectivity index (χ3n) is 12.4. The predicted octanol–water partition coefficient (Wildman–Crippen LogP) is 15.4. The summed E-state index contributed by atoms with van der Waals surface area (Å²) in [4.78, 5) is 0. The molecule has 0 N–H and O–H groups in total. The summed E-state index contributed by atoms with van der Waals surface area (Å²) in [6.45, 7) is 13.3. The molecule has 1 saturated heterocycles. The van der Waals surface area contributed by atoms with Gasteiger partial charge in [-0.15, -0.1) is 12.1 Å². The Labute approximate surface area is 333 Å². The molecule has 3 aromatic rings. The molecular weight excluding hydrogens is 781 g/mol. The molecule has 0 amide bonds. The van der Waals surface area contributed by atoms with E-state index in [-0.39, 0.29) is 7.92 Å². The molecule has 1 nitrogen and oxygen atoms in total. The van der Waals surface area contributed by atoms with Crippen LogP contribution in [-0.2, 0) is 13.5 Å². The summed E-state index contributed by atoms with van der Waals surface area (Å²) < 4.78 is 1.92. The molecule has 0 bridgehead atoms. The molecule has 4 fully saturated rings. The Hall–Kier alpha value is -0.877. The van der Waals surface area contributed by atoms with Crippen LogP contribution >= 0.6 is 27.3 Å². The second-order valence-electron chi connectivity index (χ2n) is 16.6. The van der Waals surface area contributed by atoms with Crippen LogP contribution in [0.25, 0.3) is 5.32 Å². The molecule has 4 aliphatic rings. The molecule has 288 valence electrons. The summed E-state index contributed by atoms with van der Waals surface area (Å²) in [5, 5.41) is 5.23. The summed E-state index contributed by atoms with van der Waals surface area (Å²) in [7, 11) is 11.3. The number of hydrogen-bond donors (Lipinski definition) is 0. The van der Waals surface area contributed by atoms with E-state index < -0.39 is 13.5 Å². The molecule has 1 aliphatic heterocycles. The van der Waals surface area contributed by atoms with E-state index >= 15 is 0 Å². The van der Waals surface area contributed by atoms with Crippen molar-refractivity contribution < 1.29 is 13.5 Å². The normalized spacial score (nSPS) is 21.9. The predicted molar refractivity (Wildman–Crippen MR) is 232 cm³/mol. The quantitative estimate of drug-likeness (QED) is 0.173. The second kappa shape index (κ2) is 21.4. The molecule has 0 radical (unpaired) electrons. The minimum absolute atomic E-state index is 0.0465. The molecule has 7 rings (SSSR count). The molecule has 3 aromatic carbocycles. The average molecular weight is 850 g/mol. The van der Waals surface area contributed by atoms with Crippen LogP contribution in [0.1, 0.15) is 171 Å². The van der Waals surface area contributed by atoms with Crippen molar-refractivity contribution in [3.05, 3.63) is 110 Å². The van der Waals surface area contributed by atoms with Crippen molar-refractivity contribution in [3.63, 3.8) is 0 Å². The van der Waals surface area contributed by atoms with Crippen molar-refractivity contribution in [3.8, 4) is 0 Å². The number of benzene rings is 3. The Balaban J connectivity index is 0.000000162. The Morgan fingerprint density at radius 3 is 1.19 bits per heavy atom. The van der Waals surface area contributed by atoms with Gasteiger partial charge in [0.1, 0.15) is 0 Å². The molecule has 2 unspecified atom stereocenters. The molecule has 1 heterocycles. The average Bonchev–Trinajstić information content (AvgIpc) is 3.58. The molecule has 3 saturated carbocycles. The van der Waals surface area contributed by atoms with Gasteiger partial charge in [0.2, 0.25) is 0 Å². The van der Waals surface area contributed by atoms with E-state index in [4.69, 9.17) is 24.7 Å². The van der Waals surface area contributed by atoms with Gasteiger partial charge in [0.05, 0.1) is 17.0 Å². The van der Waals surface area contributed by atoms with Gasteiger partial charge in [0.15, 0.2) is 0 Å². The second-order valence-corrected chi connectivity index (χ2v) is 25.8. The van der Waals surface area contributed by atoms with E-state index in [0.29, 0.717) is 12.1 Å². The third-order valence-corrected chi connectivity index (χ3v) is 18.9. The van der Waals surface area contributed by atoms with Crippen LogP contribution in [0.5, 0.6) is 0 Å². The van der Waals surface area contributed by atoms with E-state index in [1.807, 2.05) is 34.9 Å². The number of nitrogens with zero attached hydrogens (tertiary/aromatic N) is 1. The first-order valence-electron chi connectivity index (χ1n) is 20.7. The van der Waals surface area contributed by atoms with Crippen molar-refractivity contribution in [2.75, 3.05) is 0 Å². The zero-order chi connectivity index (χ0) is 37.0. The molecule has 5 heteroatoms. The van der Waals surface area contributed by atoms with E-state index in [9.17, 15) is 0 Å². The van der Waals surface area contributed by atoms with Crippen molar-refractivity contribution in [2.45, 2.75) is 180 Å². The first-order valence-corrected chi connectivity index (χ1v) is 27.9. The van der Waals surface area contributed by atoms with Gasteiger partial charge < -0.3 is 5.32 Å². The summed E-state index contributed by atoms with van der Waals surface area (Å²) >= 11 is -1.61. The standard InChI is InChI=1S/C22H28N.C18H33P.C7H6.2ClH.Ru/c1-13-9-15(3)21(16(4)10-13)19-7-8-20(23-19)22-17(5)11-14(2)12-18(22)6;1-4-10-16(11-5-1)19(17-12-6-2-7-13-17)18-14-8-3-9-15-18;1-7-5-3-2-4-6-7;;;/h9-12,19-20H,7-8H2,1-6H3;16-18H,1-15H2;1-6H;2*1H;/q-1;;;;;+2/p-1. The zero-order valence-electron chi connectivity index (χ0n) is 33.2. The summed E-state index contributed by atoms with van der Waals surface area (Å²) in [5.41, 5.74) is 16.0. The van der Waals surface area contributed by atoms with Crippen LogP contribution in [0.4, 0.5) is 0 Å². The number of halogens is 2. The Kier molecular flexibility index (Phi) is 17.4. The van der Waals surface area contributed by atoms with Gasteiger partial charge in [-0.25, -0.2) is 0 Å². The van der Waals surface area contributed by atoms with Crippen LogP contribution in [0.2, 0.25) is 0 Å². The van der Waals surface area contributed by atoms with Crippen LogP contribution in [0.15, 0.2) is 54.6 Å². The minimum atomic E-state index is -1.61. The molecular formula is C47H68Cl2NPRu. The maximum absolute atomic E-state index is 5.67. The molecule has 0 aromatic heterocycles. The Morgan fingerprint density at radius 1 is 0.519 bits per heavy atom. The first kappa shape index (κ1) is 42.3. The first-order chi connectivity index (χ1) is 25.1. The van der Waals surface area contributed by atoms with Gasteiger partial charge in [0.25, 0.3) is 0 Å². The van der Waals surface area contributed by atoms with E-state index in [0.717, 1.165) is 5.56 Å². The van der Waals surface area contributed by atoms with Gasteiger partial charge in [-0.2, -0.15) is 0 Å². The van der Waals surface area contributed by atoms with Crippen LogP contribution in [-0.4, -0.2) is 21.6 Å². The van der Waals surface area contributed by atoms with E-state index in [1.165, 1.54) is 74.3 Å². The molecule has 3 aliphatic carbocycles. The summed E-state index contributed by atoms with van der Waals surface area (Å²) in [5.74, 6) is 0. The zero-order valence-corrected chi connectivity index (χ0v) is 37.5. The SMILES string of the molecule is C1CCC([PH+](C2CCCCC2)C2CCCCC2)CC1.Cc1cc(C)c(C2CCC(c3c(C)cc(C)cc3C)[N-]2)c(C)c1.[Cl][Ru]([Cl])=[CH]c1ccccc1. The van der Waals surface area contributed by atoms with Crippen LogP contribution < -0.4 is 0 Å². The van der Waals surface area contributed by atoms with Crippen molar-refractivity contribution >= 4 is 31.9 Å². The summed E-state index contributed by atoms with van der Waals surface area (Å²) in [6, 6.07) is 19.8. The van der Waals surface area contributed by atoms with Crippen LogP contribution in [0.3, 0.4) is 0 Å². The molecule has 52 heavy (non-hydrogen) atoms. The number of aryl methyl sites for hydroxylation is 6. The van der Waals surface area contributed by atoms with Gasteiger partial charge in [-0.05, 0) is 141 Å². The van der Waals surface area contributed by atoms with Gasteiger partial charge >= 0.3 is 73.4 Å². The third kappa shape index (κ3) is 12.3. The van der Waals surface area contributed by atoms with Crippen LogP contribution in [0, 0.1) is 41.5 Å². The summed E-state index contributed by atoms with van der Waals surface area (Å²) in [6.07, 6.45) is 26.1. The monoisotopic (exact) mass is 849 g/mol. The van der Waals surface area contributed by atoms with Gasteiger partial charge in [0, 0.05) is 7.92 Å². The fraction of sp³-hybridized carbons (Fsp3) is 0.596. The maximum atomic E-state index is 5.67. The Bertz CT molecular complexity index is 1410. The van der Waals surface area contributed by atoms with Crippen molar-refractivity contribution in [1.82, 2.24) is 0 Å². The van der Waals surface area contributed by atoms with Crippen molar-refractivity contribution in [1.29, 1.82) is 0 Å². The van der Waals surface area contributed by atoms with Gasteiger partial charge in [-0.1, -0.05) is 78.6 Å². The topological polar surface area (TPSA) is 14.1 Å². The molecule has 2 atom stereocenters. The molecule has 0 spiro atoms. The fourth-order valence-corrected chi connectivity index (χ4v) is 17.5. The van der Waals surface area contributed by atoms with Crippen molar-refractivity contribution in [2.24, 2.45) is 0 Å². The van der Waals surface area contributed by atoms with Gasteiger partial charge in [-0.3, -0.25) is 0 Å². The fourth-order valence-electron chi connectivity index (χ4n) is 10.5. The number of hydrogen-bond acceptors (Lipinski definition) is 0.